The number of nitrogens with one attached hydrogen (secondary N) is 1. The maximum atomic E-state index is 7.70. The number of nitrogens with zero attached hydrogens (tertiary/aromatic N) is 1. The lowest BCUT2D eigenvalue weighted by Crippen LogP contribution is -2.33. The van der Waals surface area contributed by atoms with Gasteiger partial charge in [-0.2, -0.15) is 0 Å². The molecule has 0 unspecified atom stereocenters. The van der Waals surface area contributed by atoms with Crippen molar-refractivity contribution in [1.29, 1.82) is 5.41 Å². The predicted molar refractivity (Wildman–Crippen MR) is 77.9 cm³/mol. The van der Waals surface area contributed by atoms with Gasteiger partial charge in [0.1, 0.15) is 5.84 Å². The van der Waals surface area contributed by atoms with Crippen LogP contribution in [0.2, 0.25) is 0 Å². The highest BCUT2D eigenvalue weighted by atomic mass is 79.9. The van der Waals surface area contributed by atoms with Gasteiger partial charge in [-0.15, -0.1) is 0 Å². The van der Waals surface area contributed by atoms with E-state index in [9.17, 15) is 0 Å². The van der Waals surface area contributed by atoms with Crippen LogP contribution in [0.4, 0.5) is 5.69 Å². The van der Waals surface area contributed by atoms with Gasteiger partial charge < -0.3 is 10.6 Å². The molecule has 0 aromatic heterocycles. The summed E-state index contributed by atoms with van der Waals surface area (Å²) in [6.45, 7) is 7.43. The molecule has 0 fully saturated rings. The molecule has 3 nitrogen and oxygen atoms in total. The molecule has 94 valence electrons. The first-order chi connectivity index (χ1) is 7.99. The van der Waals surface area contributed by atoms with Crippen molar-refractivity contribution in [3.05, 3.63) is 28.2 Å². The van der Waals surface area contributed by atoms with Gasteiger partial charge >= 0.3 is 0 Å². The Morgan fingerprint density at radius 1 is 1.47 bits per heavy atom. The summed E-state index contributed by atoms with van der Waals surface area (Å²) >= 11 is 3.47. The fraction of sp³-hybridized carbons (Fsp3) is 0.462. The van der Waals surface area contributed by atoms with Crippen LogP contribution in [0.25, 0.3) is 0 Å². The number of halogens is 1. The van der Waals surface area contributed by atoms with Crippen LogP contribution in [0.5, 0.6) is 0 Å². The van der Waals surface area contributed by atoms with E-state index in [1.807, 2.05) is 18.2 Å². The molecule has 0 spiro atoms. The normalized spacial score (nSPS) is 10.6. The van der Waals surface area contributed by atoms with Gasteiger partial charge in [0.25, 0.3) is 0 Å². The van der Waals surface area contributed by atoms with Crippen molar-refractivity contribution in [2.24, 2.45) is 5.73 Å². The first-order valence-electron chi connectivity index (χ1n) is 5.88. The number of anilines is 1. The van der Waals surface area contributed by atoms with E-state index in [0.29, 0.717) is 6.04 Å². The summed E-state index contributed by atoms with van der Waals surface area (Å²) in [6, 6.07) is 6.32. The Morgan fingerprint density at radius 3 is 2.59 bits per heavy atom. The van der Waals surface area contributed by atoms with Gasteiger partial charge in [0.15, 0.2) is 0 Å². The molecule has 17 heavy (non-hydrogen) atoms. The third kappa shape index (κ3) is 3.22. The van der Waals surface area contributed by atoms with Crippen molar-refractivity contribution in [1.82, 2.24) is 0 Å². The number of hydrogen-bond acceptors (Lipinski definition) is 2. The highest BCUT2D eigenvalue weighted by Crippen LogP contribution is 2.28. The molecule has 0 amide bonds. The van der Waals surface area contributed by atoms with Gasteiger partial charge in [0.05, 0.1) is 5.56 Å². The standard InChI is InChI=1S/C13H20BrN3/c1-4-8-17(9(2)3)11-7-5-6-10(14)12(11)13(15)16/h5-7,9H,4,8H2,1-3H3,(H3,15,16). The third-order valence-corrected chi connectivity index (χ3v) is 3.32. The smallest absolute Gasteiger partial charge is 0.126 e. The van der Waals surface area contributed by atoms with Crippen molar-refractivity contribution in [2.45, 2.75) is 33.2 Å². The van der Waals surface area contributed by atoms with Crippen molar-refractivity contribution < 1.29 is 0 Å². The van der Waals surface area contributed by atoms with E-state index in [4.69, 9.17) is 11.1 Å². The molecule has 1 aromatic carbocycles. The Hall–Kier alpha value is -1.03. The lowest BCUT2D eigenvalue weighted by Gasteiger charge is -2.30. The zero-order valence-electron chi connectivity index (χ0n) is 10.6. The Morgan fingerprint density at radius 2 is 2.12 bits per heavy atom. The summed E-state index contributed by atoms with van der Waals surface area (Å²) in [6.07, 6.45) is 1.07. The number of amidine groups is 1. The molecule has 0 bridgehead atoms. The highest BCUT2D eigenvalue weighted by molar-refractivity contribution is 9.10. The Labute approximate surface area is 112 Å². The molecular formula is C13H20BrN3. The average Bonchev–Trinajstić information content (AvgIpc) is 2.24. The lowest BCUT2D eigenvalue weighted by atomic mass is 10.1. The topological polar surface area (TPSA) is 53.1 Å². The number of benzene rings is 1. The quantitative estimate of drug-likeness (QED) is 0.647. The summed E-state index contributed by atoms with van der Waals surface area (Å²) in [5.74, 6) is 0.106. The third-order valence-electron chi connectivity index (χ3n) is 2.66. The van der Waals surface area contributed by atoms with Crippen molar-refractivity contribution in [3.8, 4) is 0 Å². The maximum Gasteiger partial charge on any atom is 0.126 e. The van der Waals surface area contributed by atoms with Crippen LogP contribution >= 0.6 is 15.9 Å². The molecular weight excluding hydrogens is 278 g/mol. The van der Waals surface area contributed by atoms with E-state index in [0.717, 1.165) is 28.7 Å². The average molecular weight is 298 g/mol. The van der Waals surface area contributed by atoms with E-state index in [1.54, 1.807) is 0 Å². The van der Waals surface area contributed by atoms with Gasteiger partial charge in [-0.05, 0) is 48.3 Å². The largest absolute Gasteiger partial charge is 0.384 e. The summed E-state index contributed by atoms with van der Waals surface area (Å²) in [7, 11) is 0. The number of nitrogens with two attached hydrogens (primary N) is 1. The molecule has 1 rings (SSSR count). The first kappa shape index (κ1) is 14.0. The summed E-state index contributed by atoms with van der Waals surface area (Å²) in [5, 5.41) is 7.70. The molecule has 0 atom stereocenters. The van der Waals surface area contributed by atoms with E-state index < -0.39 is 0 Å². The minimum atomic E-state index is 0.106. The summed E-state index contributed by atoms with van der Waals surface area (Å²) < 4.78 is 0.879. The number of nitrogen functional groups attached to an aromatic ring is 1. The summed E-state index contributed by atoms with van der Waals surface area (Å²) in [5.41, 5.74) is 7.49. The second-order valence-electron chi connectivity index (χ2n) is 4.33. The van der Waals surface area contributed by atoms with Gasteiger partial charge in [-0.25, -0.2) is 0 Å². The van der Waals surface area contributed by atoms with Crippen LogP contribution in [0.15, 0.2) is 22.7 Å². The van der Waals surface area contributed by atoms with E-state index in [-0.39, 0.29) is 5.84 Å². The highest BCUT2D eigenvalue weighted by Gasteiger charge is 2.17. The van der Waals surface area contributed by atoms with E-state index in [2.05, 4.69) is 41.6 Å². The van der Waals surface area contributed by atoms with Gasteiger partial charge in [0.2, 0.25) is 0 Å². The SMILES string of the molecule is CCCN(c1cccc(Br)c1C(=N)N)C(C)C. The molecule has 0 radical (unpaired) electrons. The molecule has 0 saturated heterocycles. The van der Waals surface area contributed by atoms with E-state index >= 15 is 0 Å². The molecule has 0 heterocycles. The molecule has 4 heteroatoms. The zero-order chi connectivity index (χ0) is 13.0. The van der Waals surface area contributed by atoms with Crippen LogP contribution in [0, 0.1) is 5.41 Å². The Balaban J connectivity index is 3.27. The minimum absolute atomic E-state index is 0.106. The Bertz CT molecular complexity index is 402. The minimum Gasteiger partial charge on any atom is -0.384 e. The molecule has 0 aliphatic heterocycles. The lowest BCUT2D eigenvalue weighted by molar-refractivity contribution is 0.670. The first-order valence-corrected chi connectivity index (χ1v) is 6.67. The van der Waals surface area contributed by atoms with Crippen molar-refractivity contribution >= 4 is 27.5 Å². The van der Waals surface area contributed by atoms with E-state index in [1.165, 1.54) is 0 Å². The van der Waals surface area contributed by atoms with Gasteiger partial charge in [-0.1, -0.05) is 13.0 Å². The molecule has 3 N–H and O–H groups in total. The monoisotopic (exact) mass is 297 g/mol. The second-order valence-corrected chi connectivity index (χ2v) is 5.19. The van der Waals surface area contributed by atoms with Gasteiger partial charge in [-0.3, -0.25) is 5.41 Å². The second kappa shape index (κ2) is 6.05. The fourth-order valence-corrected chi connectivity index (χ4v) is 2.49. The van der Waals surface area contributed by atoms with Crippen molar-refractivity contribution in [3.63, 3.8) is 0 Å². The zero-order valence-corrected chi connectivity index (χ0v) is 12.2. The van der Waals surface area contributed by atoms with Crippen LogP contribution in [-0.4, -0.2) is 18.4 Å². The molecule has 0 aliphatic rings. The molecule has 0 saturated carbocycles. The summed E-state index contributed by atoms with van der Waals surface area (Å²) in [4.78, 5) is 2.28. The van der Waals surface area contributed by atoms with Crippen LogP contribution in [0.3, 0.4) is 0 Å². The number of hydrogen-bond donors (Lipinski definition) is 2. The van der Waals surface area contributed by atoms with Crippen LogP contribution in [-0.2, 0) is 0 Å². The van der Waals surface area contributed by atoms with Crippen LogP contribution in [0.1, 0.15) is 32.8 Å². The Kier molecular flexibility index (Phi) is 5.00. The number of rotatable bonds is 5. The van der Waals surface area contributed by atoms with Crippen molar-refractivity contribution in [2.75, 3.05) is 11.4 Å². The molecule has 0 aliphatic carbocycles. The fourth-order valence-electron chi connectivity index (χ4n) is 1.92. The molecule has 1 aromatic rings. The predicted octanol–water partition coefficient (Wildman–Crippen LogP) is 3.36. The maximum absolute atomic E-state index is 7.70. The van der Waals surface area contributed by atoms with Crippen LogP contribution < -0.4 is 10.6 Å². The van der Waals surface area contributed by atoms with Gasteiger partial charge in [0, 0.05) is 22.7 Å².